The Bertz CT molecular complexity index is 1480. The molecule has 1 atom stereocenters. The number of rotatable bonds is 6. The van der Waals surface area contributed by atoms with Crippen LogP contribution < -0.4 is 15.6 Å². The highest BCUT2D eigenvalue weighted by Gasteiger charge is 2.26. The van der Waals surface area contributed by atoms with Crippen LogP contribution in [-0.4, -0.2) is 29.7 Å². The Balaban J connectivity index is 1.68. The van der Waals surface area contributed by atoms with E-state index in [1.807, 2.05) is 30.3 Å². The number of pyridine rings is 1. The molecule has 7 nitrogen and oxygen atoms in total. The molecule has 0 saturated carbocycles. The zero-order chi connectivity index (χ0) is 25.1. The second kappa shape index (κ2) is 10.0. The fourth-order valence-corrected chi connectivity index (χ4v) is 4.12. The van der Waals surface area contributed by atoms with Gasteiger partial charge in [0.1, 0.15) is 11.4 Å². The first-order chi connectivity index (χ1) is 16.8. The molecule has 1 heterocycles. The number of carbonyl (C=O) groups excluding carboxylic acids is 2. The highest BCUT2D eigenvalue weighted by molar-refractivity contribution is 6.32. The Morgan fingerprint density at radius 2 is 1.63 bits per heavy atom. The predicted octanol–water partition coefficient (Wildman–Crippen LogP) is 5.05. The van der Waals surface area contributed by atoms with Crippen LogP contribution in [-0.2, 0) is 16.6 Å². The number of aromatic nitrogens is 1. The van der Waals surface area contributed by atoms with Crippen molar-refractivity contribution in [3.8, 4) is 16.9 Å². The van der Waals surface area contributed by atoms with E-state index < -0.39 is 18.0 Å². The van der Waals surface area contributed by atoms with E-state index in [1.54, 1.807) is 36.4 Å². The summed E-state index contributed by atoms with van der Waals surface area (Å²) >= 11 is 6.12. The van der Waals surface area contributed by atoms with Crippen LogP contribution in [0.25, 0.3) is 21.9 Å². The maximum absolute atomic E-state index is 13.4. The van der Waals surface area contributed by atoms with Crippen LogP contribution in [0.4, 0.5) is 5.69 Å². The minimum absolute atomic E-state index is 0.0621. The summed E-state index contributed by atoms with van der Waals surface area (Å²) in [4.78, 5) is 39.1. The van der Waals surface area contributed by atoms with Crippen LogP contribution in [0.5, 0.6) is 5.75 Å². The van der Waals surface area contributed by atoms with Gasteiger partial charge in [-0.2, -0.15) is 0 Å². The molecule has 8 heteroatoms. The van der Waals surface area contributed by atoms with Crippen LogP contribution in [0.1, 0.15) is 17.4 Å². The smallest absolute Gasteiger partial charge is 0.356 e. The number of amides is 1. The minimum Gasteiger partial charge on any atom is -0.495 e. The number of nitrogens with zero attached hydrogens (tertiary/aromatic N) is 1. The lowest BCUT2D eigenvalue weighted by atomic mass is 9.97. The fourth-order valence-electron chi connectivity index (χ4n) is 3.86. The van der Waals surface area contributed by atoms with Crippen LogP contribution in [0.2, 0.25) is 5.02 Å². The Kier molecular flexibility index (Phi) is 6.89. The monoisotopic (exact) mass is 490 g/mol. The van der Waals surface area contributed by atoms with E-state index in [1.165, 1.54) is 31.7 Å². The van der Waals surface area contributed by atoms with E-state index in [4.69, 9.17) is 21.1 Å². The second-order valence-electron chi connectivity index (χ2n) is 7.89. The van der Waals surface area contributed by atoms with Gasteiger partial charge in [0.05, 0.1) is 12.1 Å². The van der Waals surface area contributed by atoms with Crippen molar-refractivity contribution in [1.82, 2.24) is 4.57 Å². The van der Waals surface area contributed by atoms with E-state index in [2.05, 4.69) is 5.32 Å². The molecule has 0 bridgehead atoms. The van der Waals surface area contributed by atoms with E-state index in [-0.39, 0.29) is 11.3 Å². The van der Waals surface area contributed by atoms with Crippen molar-refractivity contribution in [3.63, 3.8) is 0 Å². The molecule has 0 radical (unpaired) electrons. The van der Waals surface area contributed by atoms with Crippen LogP contribution in [0.3, 0.4) is 0 Å². The number of fused-ring (bicyclic) bond motifs is 1. The maximum atomic E-state index is 13.4. The standard InChI is InChI=1S/C27H23ClN2O5/c1-16(25(31)29-18-13-14-22(34-3)21(28)15-18)35-27(33)24-23(17-9-5-4-6-10-17)19-11-7-8-12-20(19)26(32)30(24)2/h4-16H,1-3H3,(H,29,31). The van der Waals surface area contributed by atoms with Crippen molar-refractivity contribution in [3.05, 3.63) is 93.9 Å². The molecule has 0 aliphatic heterocycles. The number of hydrogen-bond acceptors (Lipinski definition) is 5. The van der Waals surface area contributed by atoms with Crippen molar-refractivity contribution in [2.45, 2.75) is 13.0 Å². The summed E-state index contributed by atoms with van der Waals surface area (Å²) in [5.74, 6) is -0.869. The molecule has 4 aromatic rings. The number of nitrogens with one attached hydrogen (secondary N) is 1. The molecule has 0 aliphatic rings. The molecule has 178 valence electrons. The van der Waals surface area contributed by atoms with Gasteiger partial charge >= 0.3 is 5.97 Å². The summed E-state index contributed by atoms with van der Waals surface area (Å²) in [6.45, 7) is 1.46. The summed E-state index contributed by atoms with van der Waals surface area (Å²) in [5.41, 5.74) is 1.45. The third-order valence-electron chi connectivity index (χ3n) is 5.63. The van der Waals surface area contributed by atoms with Crippen LogP contribution >= 0.6 is 11.6 Å². The molecule has 4 rings (SSSR count). The van der Waals surface area contributed by atoms with Crippen LogP contribution in [0.15, 0.2) is 77.6 Å². The summed E-state index contributed by atoms with van der Waals surface area (Å²) in [6.07, 6.45) is -1.14. The fraction of sp³-hybridized carbons (Fsp3) is 0.148. The van der Waals surface area contributed by atoms with Crippen LogP contribution in [0, 0.1) is 0 Å². The number of anilines is 1. The number of hydrogen-bond donors (Lipinski definition) is 1. The van der Waals surface area contributed by atoms with Crippen molar-refractivity contribution < 1.29 is 19.1 Å². The van der Waals surface area contributed by atoms with Gasteiger partial charge in [-0.05, 0) is 42.1 Å². The molecule has 0 fully saturated rings. The summed E-state index contributed by atoms with van der Waals surface area (Å²) < 4.78 is 11.9. The second-order valence-corrected chi connectivity index (χ2v) is 8.29. The Morgan fingerprint density at radius 3 is 2.29 bits per heavy atom. The van der Waals surface area contributed by atoms with E-state index in [9.17, 15) is 14.4 Å². The third kappa shape index (κ3) is 4.76. The van der Waals surface area contributed by atoms with E-state index >= 15 is 0 Å². The molecular formula is C27H23ClN2O5. The quantitative estimate of drug-likeness (QED) is 0.382. The van der Waals surface area contributed by atoms with Gasteiger partial charge in [0, 0.05) is 23.7 Å². The van der Waals surface area contributed by atoms with Crippen molar-refractivity contribution in [2.24, 2.45) is 7.05 Å². The molecule has 1 aromatic heterocycles. The topological polar surface area (TPSA) is 86.6 Å². The summed E-state index contributed by atoms with van der Waals surface area (Å²) in [5, 5.41) is 4.10. The zero-order valence-corrected chi connectivity index (χ0v) is 20.1. The molecular weight excluding hydrogens is 468 g/mol. The van der Waals surface area contributed by atoms with Crippen molar-refractivity contribution in [1.29, 1.82) is 0 Å². The lowest BCUT2D eigenvalue weighted by Crippen LogP contribution is -2.32. The Hall–Kier alpha value is -4.10. The van der Waals surface area contributed by atoms with Gasteiger partial charge in [0.25, 0.3) is 11.5 Å². The van der Waals surface area contributed by atoms with Crippen molar-refractivity contribution >= 4 is 39.9 Å². The molecule has 1 N–H and O–H groups in total. The number of carbonyl (C=O) groups is 2. The largest absolute Gasteiger partial charge is 0.495 e. The average Bonchev–Trinajstić information content (AvgIpc) is 2.86. The summed E-state index contributed by atoms with van der Waals surface area (Å²) in [7, 11) is 3.01. The average molecular weight is 491 g/mol. The van der Waals surface area contributed by atoms with E-state index in [0.717, 1.165) is 5.56 Å². The lowest BCUT2D eigenvalue weighted by Gasteiger charge is -2.19. The molecule has 0 aliphatic carbocycles. The number of halogens is 1. The van der Waals surface area contributed by atoms with Gasteiger partial charge in [0.2, 0.25) is 0 Å². The number of ether oxygens (including phenoxy) is 2. The molecule has 1 amide bonds. The molecule has 0 spiro atoms. The molecule has 3 aromatic carbocycles. The Labute approximate surface area is 206 Å². The SMILES string of the molecule is COc1ccc(NC(=O)C(C)OC(=O)c2c(-c3ccccc3)c3ccccc3c(=O)n2C)cc1Cl. The number of esters is 1. The first-order valence-electron chi connectivity index (χ1n) is 10.8. The number of benzene rings is 3. The highest BCUT2D eigenvalue weighted by Crippen LogP contribution is 2.31. The zero-order valence-electron chi connectivity index (χ0n) is 19.4. The van der Waals surface area contributed by atoms with Gasteiger partial charge in [-0.15, -0.1) is 0 Å². The molecule has 0 saturated heterocycles. The van der Waals surface area contributed by atoms with Gasteiger partial charge in [0.15, 0.2) is 6.10 Å². The maximum Gasteiger partial charge on any atom is 0.356 e. The molecule has 35 heavy (non-hydrogen) atoms. The highest BCUT2D eigenvalue weighted by atomic mass is 35.5. The minimum atomic E-state index is -1.14. The van der Waals surface area contributed by atoms with E-state index in [0.29, 0.717) is 32.8 Å². The van der Waals surface area contributed by atoms with Crippen molar-refractivity contribution in [2.75, 3.05) is 12.4 Å². The molecule has 1 unspecified atom stereocenters. The van der Waals surface area contributed by atoms with Gasteiger partial charge in [-0.25, -0.2) is 4.79 Å². The predicted molar refractivity (Wildman–Crippen MR) is 136 cm³/mol. The first kappa shape index (κ1) is 24.0. The van der Waals surface area contributed by atoms with Gasteiger partial charge in [-0.1, -0.05) is 60.1 Å². The first-order valence-corrected chi connectivity index (χ1v) is 11.2. The summed E-state index contributed by atoms with van der Waals surface area (Å²) in [6, 6.07) is 21.1. The third-order valence-corrected chi connectivity index (χ3v) is 5.93. The van der Waals surface area contributed by atoms with Gasteiger partial charge in [-0.3, -0.25) is 9.59 Å². The Morgan fingerprint density at radius 1 is 0.971 bits per heavy atom. The lowest BCUT2D eigenvalue weighted by molar-refractivity contribution is -0.123. The van der Waals surface area contributed by atoms with Gasteiger partial charge < -0.3 is 19.4 Å². The normalized spacial score (nSPS) is 11.7. The number of methoxy groups -OCH3 is 1.